The van der Waals surface area contributed by atoms with Crippen molar-refractivity contribution in [1.29, 1.82) is 5.26 Å². The highest BCUT2D eigenvalue weighted by Gasteiger charge is 2.05. The zero-order valence-corrected chi connectivity index (χ0v) is 10.8. The third kappa shape index (κ3) is 3.57. The highest BCUT2D eigenvalue weighted by atomic mass is 35.5. The summed E-state index contributed by atoms with van der Waals surface area (Å²) >= 11 is 5.77. The number of amides is 1. The van der Waals surface area contributed by atoms with Gasteiger partial charge in [-0.05, 0) is 42.0 Å². The zero-order chi connectivity index (χ0) is 13.7. The number of nitriles is 1. The summed E-state index contributed by atoms with van der Waals surface area (Å²) in [4.78, 5) is 11.9. The van der Waals surface area contributed by atoms with Crippen LogP contribution in [0, 0.1) is 11.3 Å². The quantitative estimate of drug-likeness (QED) is 0.925. The molecule has 0 aliphatic heterocycles. The summed E-state index contributed by atoms with van der Waals surface area (Å²) in [5.41, 5.74) is 2.17. The van der Waals surface area contributed by atoms with Gasteiger partial charge < -0.3 is 5.32 Å². The van der Waals surface area contributed by atoms with E-state index >= 15 is 0 Å². The van der Waals surface area contributed by atoms with Crippen molar-refractivity contribution in [3.63, 3.8) is 0 Å². The Morgan fingerprint density at radius 1 is 1.11 bits per heavy atom. The number of hydrogen-bond acceptors (Lipinski definition) is 2. The van der Waals surface area contributed by atoms with Gasteiger partial charge in [-0.1, -0.05) is 23.7 Å². The van der Waals surface area contributed by atoms with Crippen LogP contribution >= 0.6 is 11.6 Å². The first kappa shape index (κ1) is 13.1. The van der Waals surface area contributed by atoms with Gasteiger partial charge in [0.1, 0.15) is 0 Å². The molecule has 1 N–H and O–H groups in total. The minimum absolute atomic E-state index is 0.190. The zero-order valence-electron chi connectivity index (χ0n) is 10.1. The molecule has 2 aromatic rings. The van der Waals surface area contributed by atoms with Crippen molar-refractivity contribution >= 4 is 23.2 Å². The van der Waals surface area contributed by atoms with Crippen LogP contribution in [0.25, 0.3) is 0 Å². The number of nitrogens with zero attached hydrogens (tertiary/aromatic N) is 1. The van der Waals surface area contributed by atoms with Gasteiger partial charge in [-0.2, -0.15) is 5.26 Å². The number of halogens is 1. The third-order valence-electron chi connectivity index (χ3n) is 2.60. The van der Waals surface area contributed by atoms with Crippen LogP contribution < -0.4 is 5.32 Å². The maximum absolute atomic E-state index is 11.9. The standard InChI is InChI=1S/C15H11ClN2O/c16-13-5-3-12(4-6-13)15(19)18-14-7-1-11(2-8-14)9-10-17/h1-8H,9H2,(H,18,19). The minimum atomic E-state index is -0.190. The number of anilines is 1. The van der Waals surface area contributed by atoms with Gasteiger partial charge >= 0.3 is 0 Å². The Morgan fingerprint density at radius 2 is 1.74 bits per heavy atom. The molecule has 19 heavy (non-hydrogen) atoms. The molecule has 0 spiro atoms. The van der Waals surface area contributed by atoms with E-state index in [1.165, 1.54) is 0 Å². The molecule has 3 nitrogen and oxygen atoms in total. The fourth-order valence-electron chi connectivity index (χ4n) is 1.60. The highest BCUT2D eigenvalue weighted by Crippen LogP contribution is 2.13. The van der Waals surface area contributed by atoms with Crippen LogP contribution in [0.5, 0.6) is 0 Å². The Balaban J connectivity index is 2.06. The van der Waals surface area contributed by atoms with E-state index in [9.17, 15) is 4.79 Å². The summed E-state index contributed by atoms with van der Waals surface area (Å²) in [5.74, 6) is -0.190. The first-order chi connectivity index (χ1) is 9.19. The summed E-state index contributed by atoms with van der Waals surface area (Å²) in [7, 11) is 0. The molecule has 2 aromatic carbocycles. The summed E-state index contributed by atoms with van der Waals surface area (Å²) < 4.78 is 0. The fraction of sp³-hybridized carbons (Fsp3) is 0.0667. The van der Waals surface area contributed by atoms with Gasteiger partial charge in [0.15, 0.2) is 0 Å². The second-order valence-corrected chi connectivity index (χ2v) is 4.43. The molecule has 0 radical (unpaired) electrons. The predicted molar refractivity (Wildman–Crippen MR) is 75.2 cm³/mol. The summed E-state index contributed by atoms with van der Waals surface area (Å²) in [5, 5.41) is 12.0. The largest absolute Gasteiger partial charge is 0.322 e. The maximum Gasteiger partial charge on any atom is 0.255 e. The van der Waals surface area contributed by atoms with Crippen molar-refractivity contribution in [3.05, 3.63) is 64.7 Å². The number of rotatable bonds is 3. The van der Waals surface area contributed by atoms with Crippen LogP contribution in [0.15, 0.2) is 48.5 Å². The molecule has 0 unspecified atom stereocenters. The normalized spacial score (nSPS) is 9.68. The molecule has 0 saturated carbocycles. The summed E-state index contributed by atoms with van der Waals surface area (Å²) in [6.07, 6.45) is 0.366. The molecule has 0 aliphatic carbocycles. The van der Waals surface area contributed by atoms with Crippen molar-refractivity contribution in [2.24, 2.45) is 0 Å². The van der Waals surface area contributed by atoms with Crippen LogP contribution in [0.2, 0.25) is 5.02 Å². The smallest absolute Gasteiger partial charge is 0.255 e. The predicted octanol–water partition coefficient (Wildman–Crippen LogP) is 3.66. The van der Waals surface area contributed by atoms with Crippen LogP contribution in [0.1, 0.15) is 15.9 Å². The van der Waals surface area contributed by atoms with Crippen LogP contribution in [0.3, 0.4) is 0 Å². The first-order valence-corrected chi connectivity index (χ1v) is 6.09. The number of hydrogen-bond donors (Lipinski definition) is 1. The van der Waals surface area contributed by atoms with Crippen molar-refractivity contribution in [2.45, 2.75) is 6.42 Å². The van der Waals surface area contributed by atoms with E-state index in [-0.39, 0.29) is 5.91 Å². The Labute approximate surface area is 116 Å². The summed E-state index contributed by atoms with van der Waals surface area (Å²) in [6.45, 7) is 0. The van der Waals surface area contributed by atoms with E-state index in [0.717, 1.165) is 5.56 Å². The lowest BCUT2D eigenvalue weighted by molar-refractivity contribution is 0.102. The third-order valence-corrected chi connectivity index (χ3v) is 2.85. The Morgan fingerprint density at radius 3 is 2.32 bits per heavy atom. The molecule has 4 heteroatoms. The topological polar surface area (TPSA) is 52.9 Å². The Hall–Kier alpha value is -2.31. The average molecular weight is 271 g/mol. The van der Waals surface area contributed by atoms with E-state index in [0.29, 0.717) is 22.7 Å². The number of nitrogens with one attached hydrogen (secondary N) is 1. The molecule has 0 saturated heterocycles. The molecule has 0 aliphatic rings. The lowest BCUT2D eigenvalue weighted by Gasteiger charge is -2.05. The molecule has 0 heterocycles. The van der Waals surface area contributed by atoms with Gasteiger partial charge in [0.25, 0.3) is 5.91 Å². The van der Waals surface area contributed by atoms with E-state index < -0.39 is 0 Å². The Kier molecular flexibility index (Phi) is 4.17. The minimum Gasteiger partial charge on any atom is -0.322 e. The van der Waals surface area contributed by atoms with Crippen molar-refractivity contribution in [1.82, 2.24) is 0 Å². The molecule has 2 rings (SSSR count). The molecule has 0 bridgehead atoms. The van der Waals surface area contributed by atoms with Crippen LogP contribution in [-0.4, -0.2) is 5.91 Å². The van der Waals surface area contributed by atoms with Gasteiger partial charge in [0.2, 0.25) is 0 Å². The maximum atomic E-state index is 11.9. The van der Waals surface area contributed by atoms with E-state index in [1.807, 2.05) is 12.1 Å². The summed E-state index contributed by atoms with van der Waals surface area (Å²) in [6, 6.07) is 16.0. The van der Waals surface area contributed by atoms with Crippen molar-refractivity contribution in [2.75, 3.05) is 5.32 Å². The SMILES string of the molecule is N#CCc1ccc(NC(=O)c2ccc(Cl)cc2)cc1. The van der Waals surface area contributed by atoms with Gasteiger partial charge in [0.05, 0.1) is 12.5 Å². The lowest BCUT2D eigenvalue weighted by atomic mass is 10.1. The van der Waals surface area contributed by atoms with Crippen LogP contribution in [-0.2, 0) is 6.42 Å². The first-order valence-electron chi connectivity index (χ1n) is 5.72. The van der Waals surface area contributed by atoms with E-state index in [1.54, 1.807) is 36.4 Å². The van der Waals surface area contributed by atoms with Crippen molar-refractivity contribution in [3.8, 4) is 6.07 Å². The molecule has 94 valence electrons. The number of carbonyl (C=O) groups excluding carboxylic acids is 1. The molecule has 0 aromatic heterocycles. The average Bonchev–Trinajstić information content (AvgIpc) is 2.42. The van der Waals surface area contributed by atoms with E-state index in [4.69, 9.17) is 16.9 Å². The number of benzene rings is 2. The van der Waals surface area contributed by atoms with Gasteiger partial charge in [-0.25, -0.2) is 0 Å². The fourth-order valence-corrected chi connectivity index (χ4v) is 1.73. The van der Waals surface area contributed by atoms with Crippen molar-refractivity contribution < 1.29 is 4.79 Å². The lowest BCUT2D eigenvalue weighted by Crippen LogP contribution is -2.11. The highest BCUT2D eigenvalue weighted by molar-refractivity contribution is 6.30. The second kappa shape index (κ2) is 6.03. The van der Waals surface area contributed by atoms with Gasteiger partial charge in [-0.3, -0.25) is 4.79 Å². The van der Waals surface area contributed by atoms with Gasteiger partial charge in [-0.15, -0.1) is 0 Å². The number of carbonyl (C=O) groups is 1. The van der Waals surface area contributed by atoms with Gasteiger partial charge in [0, 0.05) is 16.3 Å². The second-order valence-electron chi connectivity index (χ2n) is 3.99. The molecule has 0 fully saturated rings. The van der Waals surface area contributed by atoms with Crippen LogP contribution in [0.4, 0.5) is 5.69 Å². The van der Waals surface area contributed by atoms with E-state index in [2.05, 4.69) is 11.4 Å². The molecular weight excluding hydrogens is 260 g/mol. The monoisotopic (exact) mass is 270 g/mol. The Bertz CT molecular complexity index is 612. The molecule has 1 amide bonds. The molecular formula is C15H11ClN2O. The molecule has 0 atom stereocenters.